The average Bonchev–Trinajstić information content (AvgIpc) is 3.15. The molecule has 5 N–H and O–H groups in total. The van der Waals surface area contributed by atoms with Crippen LogP contribution >= 0.6 is 15.9 Å². The monoisotopic (exact) mass is 821 g/mol. The molecule has 4 aromatic carbocycles. The van der Waals surface area contributed by atoms with Gasteiger partial charge >= 0.3 is 17.9 Å². The number of carboxylic acids is 3. The highest BCUT2D eigenvalue weighted by Gasteiger charge is 2.37. The zero-order chi connectivity index (χ0) is 39.6. The van der Waals surface area contributed by atoms with Crippen molar-refractivity contribution in [3.8, 4) is 11.1 Å². The molecule has 5 rings (SSSR count). The Bertz CT molecular complexity index is 2030. The van der Waals surface area contributed by atoms with E-state index in [0.29, 0.717) is 12.8 Å². The molecule has 0 aromatic heterocycles. The fourth-order valence-electron chi connectivity index (χ4n) is 6.01. The zero-order valence-electron chi connectivity index (χ0n) is 30.1. The van der Waals surface area contributed by atoms with E-state index in [0.717, 1.165) is 32.3 Å². The Morgan fingerprint density at radius 1 is 0.778 bits per heavy atom. The summed E-state index contributed by atoms with van der Waals surface area (Å²) in [5.74, 6) is -4.07. The topological polar surface area (TPSA) is 190 Å². The number of fused-ring (bicyclic) bond motifs is 1. The van der Waals surface area contributed by atoms with Crippen molar-refractivity contribution >= 4 is 49.8 Å². The number of hydrogen-bond acceptors (Lipinski definition) is 7. The van der Waals surface area contributed by atoms with Gasteiger partial charge < -0.3 is 20.2 Å². The summed E-state index contributed by atoms with van der Waals surface area (Å²) >= 11 is 3.37. The van der Waals surface area contributed by atoms with Gasteiger partial charge in [-0.25, -0.2) is 13.2 Å². The smallest absolute Gasteiger partial charge is 0.326 e. The van der Waals surface area contributed by atoms with Crippen LogP contribution in [0.5, 0.6) is 0 Å². The number of hydrogen-bond donors (Lipinski definition) is 5. The van der Waals surface area contributed by atoms with Crippen LogP contribution in [0.3, 0.4) is 0 Å². The first-order chi connectivity index (χ1) is 25.6. The lowest BCUT2D eigenvalue weighted by Crippen LogP contribution is -2.56. The van der Waals surface area contributed by atoms with Crippen molar-refractivity contribution in [3.05, 3.63) is 124 Å². The molecule has 0 fully saturated rings. The fourth-order valence-corrected chi connectivity index (χ4v) is 7.61. The predicted molar refractivity (Wildman–Crippen MR) is 207 cm³/mol. The Morgan fingerprint density at radius 2 is 1.33 bits per heavy atom. The number of sulfonamides is 1. The third-order valence-electron chi connectivity index (χ3n) is 9.06. The van der Waals surface area contributed by atoms with Gasteiger partial charge in [0.15, 0.2) is 0 Å². The molecule has 1 amide bonds. The molecule has 0 radical (unpaired) electrons. The molecule has 0 aliphatic carbocycles. The van der Waals surface area contributed by atoms with Crippen molar-refractivity contribution < 1.29 is 42.9 Å². The summed E-state index contributed by atoms with van der Waals surface area (Å²) in [6.07, 6.45) is 1.11. The van der Waals surface area contributed by atoms with Crippen LogP contribution in [-0.4, -0.2) is 76.6 Å². The summed E-state index contributed by atoms with van der Waals surface area (Å²) in [6, 6.07) is 27.1. The van der Waals surface area contributed by atoms with E-state index >= 15 is 0 Å². The molecule has 4 atom stereocenters. The Hall–Kier alpha value is -4.89. The van der Waals surface area contributed by atoms with Gasteiger partial charge in [0.05, 0.1) is 10.9 Å². The van der Waals surface area contributed by atoms with Gasteiger partial charge in [0, 0.05) is 17.4 Å². The molecule has 1 heterocycles. The SMILES string of the molecule is CC(C)C(NS(=O)(=O)c1ccc(-c2ccc(Br)cc2)cc1)C(=O)O.C[C@H](N[C@@H](CCc1ccccc1)C(=O)O)C(=O)N1Cc2ccccc2C[C@H]1C(=O)O. The molecule has 1 unspecified atom stereocenters. The average molecular weight is 823 g/mol. The van der Waals surface area contributed by atoms with Crippen molar-refractivity contribution in [2.75, 3.05) is 0 Å². The van der Waals surface area contributed by atoms with E-state index in [-0.39, 0.29) is 23.8 Å². The second-order valence-electron chi connectivity index (χ2n) is 13.3. The van der Waals surface area contributed by atoms with Gasteiger partial charge in [-0.2, -0.15) is 4.72 Å². The third-order valence-corrected chi connectivity index (χ3v) is 11.0. The first kappa shape index (κ1) is 41.9. The Balaban J connectivity index is 0.000000247. The molecule has 1 aliphatic rings. The summed E-state index contributed by atoms with van der Waals surface area (Å²) in [6.45, 7) is 5.08. The van der Waals surface area contributed by atoms with Crippen LogP contribution in [0, 0.1) is 5.92 Å². The van der Waals surface area contributed by atoms with Crippen LogP contribution in [-0.2, 0) is 48.6 Å². The van der Waals surface area contributed by atoms with Crippen molar-refractivity contribution in [2.45, 2.75) is 75.6 Å². The molecule has 0 bridgehead atoms. The van der Waals surface area contributed by atoms with Gasteiger partial charge in [0.2, 0.25) is 15.9 Å². The lowest BCUT2D eigenvalue weighted by atomic mass is 9.93. The van der Waals surface area contributed by atoms with Gasteiger partial charge in [-0.3, -0.25) is 19.7 Å². The highest BCUT2D eigenvalue weighted by atomic mass is 79.9. The standard InChI is InChI=1S/C23H26N2O5.C17H18BrNO4S/c1-15(24-19(22(27)28)12-11-16-7-3-2-4-8-16)21(26)25-14-18-10-6-5-9-17(18)13-20(25)23(29)30;1-11(2)16(17(20)21)19-24(22,23)15-9-5-13(6-10-15)12-3-7-14(18)8-4-12/h2-10,15,19-20,24H,11-14H2,1H3,(H,27,28)(H,29,30);3-11,16,19H,1-2H3,(H,20,21)/t15-,19-,20-;/m0./s1. The molecule has 12 nitrogen and oxygen atoms in total. The maximum atomic E-state index is 13.1. The van der Waals surface area contributed by atoms with E-state index in [2.05, 4.69) is 26.0 Å². The summed E-state index contributed by atoms with van der Waals surface area (Å²) in [7, 11) is -3.89. The second-order valence-corrected chi connectivity index (χ2v) is 15.9. The summed E-state index contributed by atoms with van der Waals surface area (Å²) in [5.41, 5.74) is 4.68. The van der Waals surface area contributed by atoms with Crippen molar-refractivity contribution in [3.63, 3.8) is 0 Å². The largest absolute Gasteiger partial charge is 0.480 e. The predicted octanol–water partition coefficient (Wildman–Crippen LogP) is 5.59. The van der Waals surface area contributed by atoms with Gasteiger partial charge in [0.1, 0.15) is 18.1 Å². The Morgan fingerprint density at radius 3 is 1.87 bits per heavy atom. The quantitative estimate of drug-likeness (QED) is 0.107. The van der Waals surface area contributed by atoms with Crippen molar-refractivity contribution in [1.29, 1.82) is 0 Å². The van der Waals surface area contributed by atoms with Gasteiger partial charge in [-0.1, -0.05) is 109 Å². The number of nitrogens with one attached hydrogen (secondary N) is 2. The van der Waals surface area contributed by atoms with Crippen LogP contribution in [0.25, 0.3) is 11.1 Å². The summed E-state index contributed by atoms with van der Waals surface area (Å²) < 4.78 is 27.9. The number of nitrogens with zero attached hydrogens (tertiary/aromatic N) is 1. The van der Waals surface area contributed by atoms with Crippen LogP contribution in [0.2, 0.25) is 0 Å². The molecule has 54 heavy (non-hydrogen) atoms. The minimum atomic E-state index is -3.89. The molecule has 0 saturated carbocycles. The minimum Gasteiger partial charge on any atom is -0.480 e. The molecule has 14 heteroatoms. The van der Waals surface area contributed by atoms with Crippen LogP contribution in [0.4, 0.5) is 0 Å². The minimum absolute atomic E-state index is 0.0373. The zero-order valence-corrected chi connectivity index (χ0v) is 32.5. The van der Waals surface area contributed by atoms with Crippen molar-refractivity contribution in [1.82, 2.24) is 14.9 Å². The number of aliphatic carboxylic acids is 3. The molecule has 4 aromatic rings. The van der Waals surface area contributed by atoms with E-state index in [4.69, 9.17) is 5.11 Å². The number of carbonyl (C=O) groups excluding carboxylic acids is 1. The van der Waals surface area contributed by atoms with E-state index in [9.17, 15) is 37.8 Å². The molecule has 1 aliphatic heterocycles. The number of benzene rings is 4. The van der Waals surface area contributed by atoms with Crippen LogP contribution in [0.1, 0.15) is 43.9 Å². The fraction of sp³-hybridized carbons (Fsp3) is 0.300. The maximum Gasteiger partial charge on any atom is 0.326 e. The van der Waals surface area contributed by atoms with Crippen LogP contribution < -0.4 is 10.0 Å². The van der Waals surface area contributed by atoms with Gasteiger partial charge in [0.25, 0.3) is 0 Å². The number of amides is 1. The Kier molecular flexibility index (Phi) is 14.7. The van der Waals surface area contributed by atoms with Gasteiger partial charge in [-0.15, -0.1) is 0 Å². The highest BCUT2D eigenvalue weighted by Crippen LogP contribution is 2.25. The normalized spacial score (nSPS) is 15.6. The molecule has 0 saturated heterocycles. The van der Waals surface area contributed by atoms with E-state index < -0.39 is 58.0 Å². The number of carbonyl (C=O) groups is 4. The second kappa shape index (κ2) is 18.9. The van der Waals surface area contributed by atoms with Crippen LogP contribution in [0.15, 0.2) is 112 Å². The molecule has 286 valence electrons. The van der Waals surface area contributed by atoms with Gasteiger partial charge in [-0.05, 0) is 77.8 Å². The number of carboxylic acid groups (broad SMARTS) is 3. The van der Waals surface area contributed by atoms with E-state index in [1.54, 1.807) is 32.9 Å². The lowest BCUT2D eigenvalue weighted by Gasteiger charge is -2.36. The number of rotatable bonds is 14. The highest BCUT2D eigenvalue weighted by molar-refractivity contribution is 9.10. The first-order valence-corrected chi connectivity index (χ1v) is 19.6. The molecular formula is C40H44BrN3O9S. The number of halogens is 1. The Labute approximate surface area is 323 Å². The number of aryl methyl sites for hydroxylation is 1. The maximum absolute atomic E-state index is 13.1. The first-order valence-electron chi connectivity index (χ1n) is 17.3. The summed E-state index contributed by atoms with van der Waals surface area (Å²) in [4.78, 5) is 49.1. The molecular weight excluding hydrogens is 778 g/mol. The van der Waals surface area contributed by atoms with Crippen molar-refractivity contribution in [2.24, 2.45) is 5.92 Å². The summed E-state index contributed by atoms with van der Waals surface area (Å²) in [5, 5.41) is 31.2. The van der Waals surface area contributed by atoms with E-state index in [1.807, 2.05) is 78.9 Å². The van der Waals surface area contributed by atoms with E-state index in [1.165, 1.54) is 17.0 Å². The molecule has 0 spiro atoms. The third kappa shape index (κ3) is 11.3. The lowest BCUT2D eigenvalue weighted by molar-refractivity contribution is -0.152.